The minimum absolute atomic E-state index is 0.0662. The summed E-state index contributed by atoms with van der Waals surface area (Å²) in [5, 5.41) is 0. The number of ether oxygens (including phenoxy) is 7. The zero-order valence-corrected chi connectivity index (χ0v) is 22.3. The van der Waals surface area contributed by atoms with E-state index in [-0.39, 0.29) is 12.6 Å². The Morgan fingerprint density at radius 2 is 1.24 bits per heavy atom. The van der Waals surface area contributed by atoms with Gasteiger partial charge in [0, 0.05) is 23.3 Å². The van der Waals surface area contributed by atoms with Gasteiger partial charge in [0.25, 0.3) is 0 Å². The van der Waals surface area contributed by atoms with E-state index in [0.29, 0.717) is 52.2 Å². The number of aliphatic imine (C=N–C) groups is 1. The highest BCUT2D eigenvalue weighted by molar-refractivity contribution is 6.15. The van der Waals surface area contributed by atoms with Gasteiger partial charge in [-0.05, 0) is 48.4 Å². The smallest absolute Gasteiger partial charge is 0.338 e. The topological polar surface area (TPSA) is 94.0 Å². The highest BCUT2D eigenvalue weighted by Gasteiger charge is 2.27. The van der Waals surface area contributed by atoms with Gasteiger partial charge in [-0.3, -0.25) is 4.99 Å². The fourth-order valence-electron chi connectivity index (χ4n) is 4.31. The number of benzene rings is 3. The molecule has 0 saturated carbocycles. The van der Waals surface area contributed by atoms with E-state index in [1.807, 2.05) is 24.3 Å². The van der Waals surface area contributed by atoms with Crippen LogP contribution in [0.1, 0.15) is 27.0 Å². The van der Waals surface area contributed by atoms with Crippen LogP contribution in [0, 0.1) is 0 Å². The number of nitrogens with zero attached hydrogens (tertiary/aromatic N) is 1. The summed E-state index contributed by atoms with van der Waals surface area (Å²) in [4.78, 5) is 17.9. The highest BCUT2D eigenvalue weighted by Crippen LogP contribution is 2.36. The van der Waals surface area contributed by atoms with Crippen molar-refractivity contribution in [3.05, 3.63) is 70.8 Å². The van der Waals surface area contributed by atoms with Gasteiger partial charge in [0.05, 0.1) is 60.0 Å². The lowest BCUT2D eigenvalue weighted by Gasteiger charge is -2.25. The minimum Gasteiger partial charge on any atom is -0.497 e. The summed E-state index contributed by atoms with van der Waals surface area (Å²) >= 11 is 0. The summed E-state index contributed by atoms with van der Waals surface area (Å²) < 4.78 is 38.3. The Kier molecular flexibility index (Phi) is 8.25. The Hall–Kier alpha value is -4.40. The summed E-state index contributed by atoms with van der Waals surface area (Å²) in [5.41, 5.74) is 3.69. The van der Waals surface area contributed by atoms with Crippen molar-refractivity contribution in [1.29, 1.82) is 0 Å². The van der Waals surface area contributed by atoms with E-state index in [0.717, 1.165) is 16.7 Å². The molecule has 0 radical (unpaired) electrons. The Morgan fingerprint density at radius 1 is 0.711 bits per heavy atom. The molecule has 1 heterocycles. The van der Waals surface area contributed by atoms with Crippen LogP contribution in [0.4, 0.5) is 0 Å². The first-order valence-electron chi connectivity index (χ1n) is 11.9. The Morgan fingerprint density at radius 3 is 1.76 bits per heavy atom. The number of hydrogen-bond donors (Lipinski definition) is 0. The molecule has 0 unspecified atom stereocenters. The first-order chi connectivity index (χ1) is 18.4. The SMILES string of the molecule is COc1cc(OC)cc(C(=O)OC[C@@H]2Cc3cc(OC)c(OC)cc3C(c3cc(OC)cc(OC)c3)=N2)c1. The number of carbonyl (C=O) groups excluding carboxylic acids is 1. The fourth-order valence-corrected chi connectivity index (χ4v) is 4.31. The molecule has 9 heteroatoms. The predicted molar refractivity (Wildman–Crippen MR) is 142 cm³/mol. The number of fused-ring (bicyclic) bond motifs is 1. The average Bonchev–Trinajstić information content (AvgIpc) is 2.97. The number of esters is 1. The summed E-state index contributed by atoms with van der Waals surface area (Å²) in [6, 6.07) is 14.0. The first-order valence-corrected chi connectivity index (χ1v) is 11.9. The van der Waals surface area contributed by atoms with E-state index < -0.39 is 5.97 Å². The lowest BCUT2D eigenvalue weighted by molar-refractivity contribution is 0.0480. The van der Waals surface area contributed by atoms with Gasteiger partial charge in [0.15, 0.2) is 11.5 Å². The summed E-state index contributed by atoms with van der Waals surface area (Å²) in [6.07, 6.45) is 0.537. The third-order valence-electron chi connectivity index (χ3n) is 6.25. The van der Waals surface area contributed by atoms with Gasteiger partial charge in [-0.1, -0.05) is 0 Å². The van der Waals surface area contributed by atoms with Crippen molar-refractivity contribution in [3.63, 3.8) is 0 Å². The molecule has 0 amide bonds. The number of methoxy groups -OCH3 is 6. The Labute approximate surface area is 221 Å². The van der Waals surface area contributed by atoms with Gasteiger partial charge >= 0.3 is 5.97 Å². The molecule has 1 aliphatic heterocycles. The molecule has 0 N–H and O–H groups in total. The lowest BCUT2D eigenvalue weighted by atomic mass is 9.89. The monoisotopic (exact) mass is 521 g/mol. The van der Waals surface area contributed by atoms with Crippen molar-refractivity contribution >= 4 is 11.7 Å². The Bertz CT molecular complexity index is 1310. The van der Waals surface area contributed by atoms with Gasteiger partial charge in [-0.25, -0.2) is 4.79 Å². The molecule has 0 spiro atoms. The van der Waals surface area contributed by atoms with Crippen LogP contribution < -0.4 is 28.4 Å². The van der Waals surface area contributed by atoms with Crippen molar-refractivity contribution < 1.29 is 38.0 Å². The molecule has 0 aliphatic carbocycles. The van der Waals surface area contributed by atoms with E-state index in [1.54, 1.807) is 52.7 Å². The quantitative estimate of drug-likeness (QED) is 0.364. The standard InChI is InChI=1S/C29H31NO8/c1-32-21-8-18(9-22(13-21)33-2)28-25-15-27(37-6)26(36-5)12-17(25)7-20(30-28)16-38-29(31)19-10-23(34-3)14-24(11-19)35-4/h8-15,20H,7,16H2,1-6H3/t20-/m0/s1. The molecule has 0 bridgehead atoms. The van der Waals surface area contributed by atoms with E-state index in [2.05, 4.69) is 0 Å². The van der Waals surface area contributed by atoms with E-state index >= 15 is 0 Å². The van der Waals surface area contributed by atoms with Crippen LogP contribution in [0.15, 0.2) is 53.5 Å². The van der Waals surface area contributed by atoms with Gasteiger partial charge in [-0.2, -0.15) is 0 Å². The molecule has 38 heavy (non-hydrogen) atoms. The fraction of sp³-hybridized carbons (Fsp3) is 0.310. The number of rotatable bonds is 10. The van der Waals surface area contributed by atoms with Crippen molar-refractivity contribution in [1.82, 2.24) is 0 Å². The van der Waals surface area contributed by atoms with Crippen LogP contribution in [0.25, 0.3) is 0 Å². The molecule has 4 rings (SSSR count). The normalized spacial score (nSPS) is 14.1. The van der Waals surface area contributed by atoms with Crippen molar-refractivity contribution in [2.24, 2.45) is 4.99 Å². The third-order valence-corrected chi connectivity index (χ3v) is 6.25. The second-order valence-corrected chi connectivity index (χ2v) is 8.50. The Balaban J connectivity index is 1.70. The minimum atomic E-state index is -0.500. The van der Waals surface area contributed by atoms with Gasteiger partial charge in [0.2, 0.25) is 0 Å². The lowest BCUT2D eigenvalue weighted by Crippen LogP contribution is -2.27. The number of hydrogen-bond acceptors (Lipinski definition) is 9. The molecule has 200 valence electrons. The maximum Gasteiger partial charge on any atom is 0.338 e. The van der Waals surface area contributed by atoms with Crippen LogP contribution in [0.3, 0.4) is 0 Å². The van der Waals surface area contributed by atoms with Gasteiger partial charge in [0.1, 0.15) is 29.6 Å². The largest absolute Gasteiger partial charge is 0.497 e. The maximum absolute atomic E-state index is 12.9. The first kappa shape index (κ1) is 26.7. The van der Waals surface area contributed by atoms with E-state index in [9.17, 15) is 4.79 Å². The van der Waals surface area contributed by atoms with Crippen molar-refractivity contribution in [3.8, 4) is 34.5 Å². The molecular formula is C29H31NO8. The molecular weight excluding hydrogens is 490 g/mol. The highest BCUT2D eigenvalue weighted by atomic mass is 16.5. The summed E-state index contributed by atoms with van der Waals surface area (Å²) in [7, 11) is 9.43. The van der Waals surface area contributed by atoms with Crippen LogP contribution >= 0.6 is 0 Å². The van der Waals surface area contributed by atoms with E-state index in [4.69, 9.17) is 38.2 Å². The molecule has 9 nitrogen and oxygen atoms in total. The van der Waals surface area contributed by atoms with Crippen LogP contribution in [0.2, 0.25) is 0 Å². The molecule has 3 aromatic carbocycles. The van der Waals surface area contributed by atoms with Crippen molar-refractivity contribution in [2.45, 2.75) is 12.5 Å². The van der Waals surface area contributed by atoms with E-state index in [1.165, 1.54) is 14.2 Å². The third kappa shape index (κ3) is 5.61. The molecule has 0 aromatic heterocycles. The molecule has 3 aromatic rings. The zero-order valence-electron chi connectivity index (χ0n) is 22.3. The molecule has 0 saturated heterocycles. The van der Waals surface area contributed by atoms with Crippen LogP contribution in [0.5, 0.6) is 34.5 Å². The second kappa shape index (κ2) is 11.8. The maximum atomic E-state index is 12.9. The van der Waals surface area contributed by atoms with Gasteiger partial charge < -0.3 is 33.2 Å². The molecule has 0 fully saturated rings. The van der Waals surface area contributed by atoms with Gasteiger partial charge in [-0.15, -0.1) is 0 Å². The molecule has 1 atom stereocenters. The second-order valence-electron chi connectivity index (χ2n) is 8.50. The van der Waals surface area contributed by atoms with Crippen molar-refractivity contribution in [2.75, 3.05) is 49.3 Å². The predicted octanol–water partition coefficient (Wildman–Crippen LogP) is 4.36. The number of carbonyl (C=O) groups is 1. The average molecular weight is 522 g/mol. The van der Waals surface area contributed by atoms with Crippen LogP contribution in [-0.2, 0) is 11.2 Å². The summed E-state index contributed by atoms with van der Waals surface area (Å²) in [6.45, 7) is 0.0662. The molecule has 1 aliphatic rings. The van der Waals surface area contributed by atoms with Crippen LogP contribution in [-0.4, -0.2) is 67.0 Å². The zero-order chi connectivity index (χ0) is 27.2. The summed E-state index contributed by atoms with van der Waals surface area (Å²) in [5.74, 6) is 2.95.